The molecule has 0 aliphatic heterocycles. The molecule has 11 heteroatoms. The van der Waals surface area contributed by atoms with E-state index in [0.29, 0.717) is 29.2 Å². The zero-order valence-corrected chi connectivity index (χ0v) is 17.4. The Bertz CT molecular complexity index is 1240. The fraction of sp³-hybridized carbons (Fsp3) is 0.286. The molecule has 3 N–H and O–H groups in total. The SMILES string of the molecule is Cc1cnc(N[C@H]2CC[C@H](Nc3ccc(-n4cc(-c5nnn[nH]5)ccc4=O)cn3)C2)cn1. The number of anilines is 2. The van der Waals surface area contributed by atoms with Crippen LogP contribution in [-0.2, 0) is 0 Å². The van der Waals surface area contributed by atoms with Gasteiger partial charge in [-0.1, -0.05) is 0 Å². The van der Waals surface area contributed by atoms with E-state index in [9.17, 15) is 4.79 Å². The minimum Gasteiger partial charge on any atom is -0.367 e. The molecule has 0 unspecified atom stereocenters. The fourth-order valence-electron chi connectivity index (χ4n) is 3.85. The van der Waals surface area contributed by atoms with Crippen LogP contribution in [0.1, 0.15) is 25.0 Å². The third-order valence-electron chi connectivity index (χ3n) is 5.47. The van der Waals surface area contributed by atoms with Crippen molar-refractivity contribution in [2.75, 3.05) is 10.6 Å². The van der Waals surface area contributed by atoms with Gasteiger partial charge in [0.2, 0.25) is 0 Å². The summed E-state index contributed by atoms with van der Waals surface area (Å²) in [6.45, 7) is 1.92. The molecular weight excluding hydrogens is 408 g/mol. The van der Waals surface area contributed by atoms with Crippen molar-refractivity contribution in [2.45, 2.75) is 38.3 Å². The van der Waals surface area contributed by atoms with Crippen LogP contribution < -0.4 is 16.2 Å². The molecule has 1 aliphatic carbocycles. The van der Waals surface area contributed by atoms with Crippen LogP contribution >= 0.6 is 0 Å². The van der Waals surface area contributed by atoms with Gasteiger partial charge < -0.3 is 10.6 Å². The summed E-state index contributed by atoms with van der Waals surface area (Å²) in [7, 11) is 0. The highest BCUT2D eigenvalue weighted by Crippen LogP contribution is 2.25. The number of hydrogen-bond donors (Lipinski definition) is 3. The molecule has 2 atom stereocenters. The number of aromatic amines is 1. The zero-order valence-electron chi connectivity index (χ0n) is 17.4. The first-order chi connectivity index (χ1) is 15.6. The first-order valence-corrected chi connectivity index (χ1v) is 10.4. The predicted octanol–water partition coefficient (Wildman–Crippen LogP) is 1.96. The maximum atomic E-state index is 12.4. The Morgan fingerprint density at radius 1 is 0.969 bits per heavy atom. The molecule has 0 amide bonds. The number of hydrogen-bond acceptors (Lipinski definition) is 9. The molecule has 11 nitrogen and oxygen atoms in total. The molecule has 0 aromatic carbocycles. The Balaban J connectivity index is 1.23. The van der Waals surface area contributed by atoms with Gasteiger partial charge in [0.05, 0.1) is 30.0 Å². The van der Waals surface area contributed by atoms with Crippen molar-refractivity contribution in [2.24, 2.45) is 0 Å². The Labute approximate surface area is 183 Å². The highest BCUT2D eigenvalue weighted by atomic mass is 16.1. The molecule has 0 radical (unpaired) electrons. The van der Waals surface area contributed by atoms with E-state index in [1.165, 1.54) is 10.6 Å². The molecule has 5 rings (SSSR count). The van der Waals surface area contributed by atoms with Gasteiger partial charge >= 0.3 is 0 Å². The number of nitrogens with zero attached hydrogens (tertiary/aromatic N) is 7. The first kappa shape index (κ1) is 19.8. The summed E-state index contributed by atoms with van der Waals surface area (Å²) in [5, 5.41) is 20.7. The van der Waals surface area contributed by atoms with Gasteiger partial charge in [-0.25, -0.2) is 15.1 Å². The van der Waals surface area contributed by atoms with Crippen LogP contribution in [0.3, 0.4) is 0 Å². The van der Waals surface area contributed by atoms with Crippen LogP contribution in [0.5, 0.6) is 0 Å². The average molecular weight is 430 g/mol. The quantitative estimate of drug-likeness (QED) is 0.419. The summed E-state index contributed by atoms with van der Waals surface area (Å²) >= 11 is 0. The van der Waals surface area contributed by atoms with Crippen LogP contribution in [0.2, 0.25) is 0 Å². The lowest BCUT2D eigenvalue weighted by atomic mass is 10.2. The van der Waals surface area contributed by atoms with Gasteiger partial charge in [0.1, 0.15) is 11.6 Å². The number of nitrogens with one attached hydrogen (secondary N) is 3. The molecule has 1 fully saturated rings. The second-order valence-electron chi connectivity index (χ2n) is 7.82. The highest BCUT2D eigenvalue weighted by Gasteiger charge is 2.25. The van der Waals surface area contributed by atoms with E-state index < -0.39 is 0 Å². The monoisotopic (exact) mass is 430 g/mol. The minimum absolute atomic E-state index is 0.160. The summed E-state index contributed by atoms with van der Waals surface area (Å²) < 4.78 is 1.52. The molecule has 0 bridgehead atoms. The Morgan fingerprint density at radius 3 is 2.47 bits per heavy atom. The summed E-state index contributed by atoms with van der Waals surface area (Å²) in [5.41, 5.74) is 2.12. The lowest BCUT2D eigenvalue weighted by Gasteiger charge is -2.16. The standard InChI is InChI=1S/C21H22N10O/c1-13-9-23-19(11-22-13)26-16-4-3-15(8-16)25-18-6-5-17(10-24-18)31-12-14(2-7-20(31)32)21-27-29-30-28-21/h2,5-7,9-12,15-16H,3-4,8H2,1H3,(H,23,26)(H,24,25)(H,27,28,29,30)/t15-,16-/m0/s1. The number of tetrazole rings is 1. The van der Waals surface area contributed by atoms with E-state index in [1.807, 2.05) is 19.1 Å². The van der Waals surface area contributed by atoms with Crippen molar-refractivity contribution >= 4 is 11.6 Å². The molecular formula is C21H22N10O. The van der Waals surface area contributed by atoms with Crippen LogP contribution in [0.4, 0.5) is 11.6 Å². The summed E-state index contributed by atoms with van der Waals surface area (Å²) in [6.07, 6.45) is 9.95. The third kappa shape index (κ3) is 4.31. The number of rotatable bonds is 6. The van der Waals surface area contributed by atoms with Crippen molar-refractivity contribution in [1.29, 1.82) is 0 Å². The second-order valence-corrected chi connectivity index (χ2v) is 7.82. The maximum absolute atomic E-state index is 12.4. The topological polar surface area (TPSA) is 139 Å². The first-order valence-electron chi connectivity index (χ1n) is 10.4. The maximum Gasteiger partial charge on any atom is 0.255 e. The number of aromatic nitrogens is 8. The second kappa shape index (κ2) is 8.53. The van der Waals surface area contributed by atoms with E-state index in [2.05, 4.69) is 46.2 Å². The van der Waals surface area contributed by atoms with Gasteiger partial charge in [0, 0.05) is 29.9 Å². The largest absolute Gasteiger partial charge is 0.367 e. The van der Waals surface area contributed by atoms with Gasteiger partial charge in [0.25, 0.3) is 5.56 Å². The normalized spacial score (nSPS) is 17.9. The predicted molar refractivity (Wildman–Crippen MR) is 118 cm³/mol. The average Bonchev–Trinajstić information content (AvgIpc) is 3.49. The van der Waals surface area contributed by atoms with Crippen molar-refractivity contribution in [3.63, 3.8) is 0 Å². The Morgan fingerprint density at radius 2 is 1.78 bits per heavy atom. The molecule has 4 aromatic rings. The number of H-pyrrole nitrogens is 1. The molecule has 0 saturated heterocycles. The van der Waals surface area contributed by atoms with Crippen molar-refractivity contribution in [3.8, 4) is 17.1 Å². The van der Waals surface area contributed by atoms with E-state index in [-0.39, 0.29) is 5.56 Å². The zero-order chi connectivity index (χ0) is 21.9. The molecule has 4 aromatic heterocycles. The van der Waals surface area contributed by atoms with Crippen LogP contribution in [0, 0.1) is 6.92 Å². The lowest BCUT2D eigenvalue weighted by molar-refractivity contribution is 0.719. The van der Waals surface area contributed by atoms with E-state index in [0.717, 1.165) is 36.6 Å². The fourth-order valence-corrected chi connectivity index (χ4v) is 3.85. The molecule has 162 valence electrons. The third-order valence-corrected chi connectivity index (χ3v) is 5.47. The van der Waals surface area contributed by atoms with Crippen LogP contribution in [0.25, 0.3) is 17.1 Å². The van der Waals surface area contributed by atoms with Crippen molar-refractivity contribution in [1.82, 2.24) is 40.1 Å². The van der Waals surface area contributed by atoms with Gasteiger partial charge in [-0.2, -0.15) is 0 Å². The number of pyridine rings is 2. The molecule has 1 saturated carbocycles. The van der Waals surface area contributed by atoms with Crippen molar-refractivity contribution < 1.29 is 0 Å². The summed E-state index contributed by atoms with van der Waals surface area (Å²) in [4.78, 5) is 25.5. The van der Waals surface area contributed by atoms with Gasteiger partial charge in [-0.15, -0.1) is 5.10 Å². The molecule has 1 aliphatic rings. The molecule has 32 heavy (non-hydrogen) atoms. The molecule has 4 heterocycles. The van der Waals surface area contributed by atoms with Gasteiger partial charge in [0.15, 0.2) is 5.82 Å². The summed E-state index contributed by atoms with van der Waals surface area (Å²) in [5.74, 6) is 2.07. The van der Waals surface area contributed by atoms with Crippen molar-refractivity contribution in [3.05, 3.63) is 65.1 Å². The smallest absolute Gasteiger partial charge is 0.255 e. The Hall–Kier alpha value is -4.15. The Kier molecular flexibility index (Phi) is 5.28. The van der Waals surface area contributed by atoms with Gasteiger partial charge in [-0.05, 0) is 54.8 Å². The lowest BCUT2D eigenvalue weighted by Crippen LogP contribution is -2.22. The van der Waals surface area contributed by atoms with E-state index >= 15 is 0 Å². The van der Waals surface area contributed by atoms with Gasteiger partial charge in [-0.3, -0.25) is 14.3 Å². The van der Waals surface area contributed by atoms with Crippen LogP contribution in [-0.4, -0.2) is 52.2 Å². The summed E-state index contributed by atoms with van der Waals surface area (Å²) in [6, 6.07) is 7.57. The highest BCUT2D eigenvalue weighted by molar-refractivity contribution is 5.53. The minimum atomic E-state index is -0.160. The van der Waals surface area contributed by atoms with E-state index in [4.69, 9.17) is 0 Å². The van der Waals surface area contributed by atoms with E-state index in [1.54, 1.807) is 30.9 Å². The molecule has 0 spiro atoms. The van der Waals surface area contributed by atoms with Crippen LogP contribution in [0.15, 0.2) is 53.8 Å². The number of aryl methyl sites for hydroxylation is 1.